The van der Waals surface area contributed by atoms with Crippen molar-refractivity contribution in [1.29, 1.82) is 0 Å². The van der Waals surface area contributed by atoms with Gasteiger partial charge in [-0.1, -0.05) is 19.4 Å². The number of carbonyl (C=O) groups excluding carboxylic acids is 1. The predicted molar refractivity (Wildman–Crippen MR) is 82.0 cm³/mol. The van der Waals surface area contributed by atoms with Crippen LogP contribution in [0.1, 0.15) is 44.0 Å². The van der Waals surface area contributed by atoms with Crippen molar-refractivity contribution < 1.29 is 9.53 Å². The molecular formula is C16H26N2O2. The zero-order chi connectivity index (χ0) is 15.0. The zero-order valence-corrected chi connectivity index (χ0v) is 12.7. The van der Waals surface area contributed by atoms with Gasteiger partial charge in [-0.05, 0) is 50.9 Å². The third-order valence-corrected chi connectivity index (χ3v) is 3.17. The molecule has 0 radical (unpaired) electrons. The molecule has 1 aromatic rings. The van der Waals surface area contributed by atoms with Crippen LogP contribution in [0.2, 0.25) is 0 Å². The Bertz CT molecular complexity index is 419. The van der Waals surface area contributed by atoms with Crippen LogP contribution >= 0.6 is 0 Å². The van der Waals surface area contributed by atoms with Crippen molar-refractivity contribution >= 4 is 5.91 Å². The molecule has 0 aliphatic heterocycles. The average Bonchev–Trinajstić information content (AvgIpc) is 2.42. The van der Waals surface area contributed by atoms with E-state index in [-0.39, 0.29) is 12.0 Å². The van der Waals surface area contributed by atoms with Crippen molar-refractivity contribution in [2.45, 2.75) is 39.7 Å². The molecule has 1 rings (SSSR count). The second kappa shape index (κ2) is 8.59. The Kier molecular flexibility index (Phi) is 7.09. The van der Waals surface area contributed by atoms with E-state index in [0.717, 1.165) is 18.6 Å². The van der Waals surface area contributed by atoms with Crippen LogP contribution in [0.25, 0.3) is 0 Å². The first-order chi connectivity index (χ1) is 9.56. The van der Waals surface area contributed by atoms with Gasteiger partial charge in [0.15, 0.2) is 0 Å². The maximum absolute atomic E-state index is 12.1. The highest BCUT2D eigenvalue weighted by Gasteiger charge is 2.10. The van der Waals surface area contributed by atoms with Gasteiger partial charge in [0.05, 0.1) is 6.10 Å². The van der Waals surface area contributed by atoms with Gasteiger partial charge in [0.2, 0.25) is 0 Å². The first kappa shape index (κ1) is 16.5. The van der Waals surface area contributed by atoms with Crippen molar-refractivity contribution in [2.24, 2.45) is 11.7 Å². The number of nitrogens with two attached hydrogens (primary N) is 1. The van der Waals surface area contributed by atoms with Gasteiger partial charge in [0.1, 0.15) is 5.75 Å². The summed E-state index contributed by atoms with van der Waals surface area (Å²) in [6, 6.07) is 7.27. The van der Waals surface area contributed by atoms with Crippen molar-refractivity contribution in [3.05, 3.63) is 29.8 Å². The topological polar surface area (TPSA) is 64.3 Å². The van der Waals surface area contributed by atoms with Crippen LogP contribution in [0.4, 0.5) is 0 Å². The largest absolute Gasteiger partial charge is 0.491 e. The maximum atomic E-state index is 12.1. The number of nitrogens with one attached hydrogen (secondary N) is 1. The van der Waals surface area contributed by atoms with Crippen molar-refractivity contribution in [2.75, 3.05) is 13.1 Å². The second-order valence-corrected chi connectivity index (χ2v) is 5.26. The van der Waals surface area contributed by atoms with Crippen LogP contribution in [-0.2, 0) is 0 Å². The lowest BCUT2D eigenvalue weighted by atomic mass is 10.0. The molecule has 1 unspecified atom stereocenters. The minimum Gasteiger partial charge on any atom is -0.491 e. The van der Waals surface area contributed by atoms with Gasteiger partial charge in [-0.15, -0.1) is 0 Å². The molecule has 112 valence electrons. The summed E-state index contributed by atoms with van der Waals surface area (Å²) in [5.74, 6) is 1.11. The molecule has 1 aromatic carbocycles. The van der Waals surface area contributed by atoms with E-state index < -0.39 is 0 Å². The van der Waals surface area contributed by atoms with E-state index in [1.807, 2.05) is 26.0 Å². The molecule has 4 heteroatoms. The van der Waals surface area contributed by atoms with Gasteiger partial charge in [-0.2, -0.15) is 0 Å². The Labute approximate surface area is 121 Å². The van der Waals surface area contributed by atoms with E-state index in [0.29, 0.717) is 24.6 Å². The van der Waals surface area contributed by atoms with Gasteiger partial charge in [0.25, 0.3) is 5.91 Å². The highest BCUT2D eigenvalue weighted by molar-refractivity contribution is 5.94. The van der Waals surface area contributed by atoms with Gasteiger partial charge in [0, 0.05) is 12.1 Å². The van der Waals surface area contributed by atoms with Crippen LogP contribution in [-0.4, -0.2) is 25.1 Å². The first-order valence-corrected chi connectivity index (χ1v) is 7.31. The summed E-state index contributed by atoms with van der Waals surface area (Å²) in [5.41, 5.74) is 6.19. The molecule has 0 fully saturated rings. The van der Waals surface area contributed by atoms with Crippen molar-refractivity contribution in [3.63, 3.8) is 0 Å². The summed E-state index contributed by atoms with van der Waals surface area (Å²) >= 11 is 0. The molecule has 0 aliphatic carbocycles. The fourth-order valence-electron chi connectivity index (χ4n) is 2.01. The molecule has 20 heavy (non-hydrogen) atoms. The summed E-state index contributed by atoms with van der Waals surface area (Å²) in [6.45, 7) is 7.37. The van der Waals surface area contributed by atoms with Crippen LogP contribution in [0, 0.1) is 5.92 Å². The second-order valence-electron chi connectivity index (χ2n) is 5.26. The standard InChI is InChI=1S/C16H26N2O2/c1-4-13(8-9-17)11-18-16(19)14-6-5-7-15(10-14)20-12(2)3/h5-7,10,12-13H,4,8-9,11,17H2,1-3H3,(H,18,19). The minimum atomic E-state index is -0.0605. The lowest BCUT2D eigenvalue weighted by Crippen LogP contribution is -2.30. The lowest BCUT2D eigenvalue weighted by molar-refractivity contribution is 0.0945. The summed E-state index contributed by atoms with van der Waals surface area (Å²) < 4.78 is 5.59. The molecule has 0 aromatic heterocycles. The van der Waals surface area contributed by atoms with Crippen LogP contribution in [0.5, 0.6) is 5.75 Å². The lowest BCUT2D eigenvalue weighted by Gasteiger charge is -2.15. The number of rotatable bonds is 8. The quantitative estimate of drug-likeness (QED) is 0.768. The molecule has 0 aliphatic rings. The number of hydrogen-bond acceptors (Lipinski definition) is 3. The SMILES string of the molecule is CCC(CCN)CNC(=O)c1cccc(OC(C)C)c1. The molecule has 0 spiro atoms. The smallest absolute Gasteiger partial charge is 0.251 e. The normalized spacial score (nSPS) is 12.2. The van der Waals surface area contributed by atoms with E-state index in [9.17, 15) is 4.79 Å². The highest BCUT2D eigenvalue weighted by Crippen LogP contribution is 2.15. The summed E-state index contributed by atoms with van der Waals surface area (Å²) in [4.78, 5) is 12.1. The Balaban J connectivity index is 2.58. The molecular weight excluding hydrogens is 252 g/mol. The maximum Gasteiger partial charge on any atom is 0.251 e. The van der Waals surface area contributed by atoms with E-state index >= 15 is 0 Å². The molecule has 3 N–H and O–H groups in total. The summed E-state index contributed by atoms with van der Waals surface area (Å²) in [5, 5.41) is 2.97. The Morgan fingerprint density at radius 1 is 1.40 bits per heavy atom. The van der Waals surface area contributed by atoms with Gasteiger partial charge < -0.3 is 15.8 Å². The third kappa shape index (κ3) is 5.61. The molecule has 0 heterocycles. The monoisotopic (exact) mass is 278 g/mol. The van der Waals surface area contributed by atoms with E-state index in [4.69, 9.17) is 10.5 Å². The average molecular weight is 278 g/mol. The molecule has 4 nitrogen and oxygen atoms in total. The number of hydrogen-bond donors (Lipinski definition) is 2. The molecule has 0 saturated heterocycles. The summed E-state index contributed by atoms with van der Waals surface area (Å²) in [7, 11) is 0. The minimum absolute atomic E-state index is 0.0605. The Morgan fingerprint density at radius 3 is 2.75 bits per heavy atom. The van der Waals surface area contributed by atoms with Gasteiger partial charge in [-0.25, -0.2) is 0 Å². The zero-order valence-electron chi connectivity index (χ0n) is 12.7. The van der Waals surface area contributed by atoms with Gasteiger partial charge >= 0.3 is 0 Å². The van der Waals surface area contributed by atoms with Crippen LogP contribution < -0.4 is 15.8 Å². The number of ether oxygens (including phenoxy) is 1. The van der Waals surface area contributed by atoms with Gasteiger partial charge in [-0.3, -0.25) is 4.79 Å². The summed E-state index contributed by atoms with van der Waals surface area (Å²) in [6.07, 6.45) is 2.06. The molecule has 0 saturated carbocycles. The molecule has 1 amide bonds. The number of amides is 1. The van der Waals surface area contributed by atoms with Crippen LogP contribution in [0.3, 0.4) is 0 Å². The molecule has 0 bridgehead atoms. The van der Waals surface area contributed by atoms with Crippen molar-refractivity contribution in [3.8, 4) is 5.75 Å². The fraction of sp³-hybridized carbons (Fsp3) is 0.562. The Hall–Kier alpha value is -1.55. The van der Waals surface area contributed by atoms with E-state index in [1.54, 1.807) is 12.1 Å². The fourth-order valence-corrected chi connectivity index (χ4v) is 2.01. The first-order valence-electron chi connectivity index (χ1n) is 7.31. The predicted octanol–water partition coefficient (Wildman–Crippen LogP) is 2.58. The number of benzene rings is 1. The van der Waals surface area contributed by atoms with E-state index in [1.165, 1.54) is 0 Å². The molecule has 1 atom stereocenters. The Morgan fingerprint density at radius 2 is 2.15 bits per heavy atom. The third-order valence-electron chi connectivity index (χ3n) is 3.17. The van der Waals surface area contributed by atoms with E-state index in [2.05, 4.69) is 12.2 Å². The van der Waals surface area contributed by atoms with Crippen LogP contribution in [0.15, 0.2) is 24.3 Å². The number of carbonyl (C=O) groups is 1. The highest BCUT2D eigenvalue weighted by atomic mass is 16.5. The van der Waals surface area contributed by atoms with Crippen molar-refractivity contribution in [1.82, 2.24) is 5.32 Å².